The highest BCUT2D eigenvalue weighted by atomic mass is 19.1. The van der Waals surface area contributed by atoms with Gasteiger partial charge in [0, 0.05) is 25.3 Å². The van der Waals surface area contributed by atoms with Crippen LogP contribution in [0.4, 0.5) is 10.1 Å². The van der Waals surface area contributed by atoms with Gasteiger partial charge in [0.1, 0.15) is 17.3 Å². The number of amides is 2. The first-order valence-corrected chi connectivity index (χ1v) is 9.58. The van der Waals surface area contributed by atoms with Crippen LogP contribution in [0, 0.1) is 12.7 Å². The van der Waals surface area contributed by atoms with Gasteiger partial charge in [0.15, 0.2) is 0 Å². The number of nitrogens with zero attached hydrogens (tertiary/aromatic N) is 3. The third kappa shape index (κ3) is 4.13. The van der Waals surface area contributed by atoms with Crippen LogP contribution in [0.2, 0.25) is 0 Å². The smallest absolute Gasteiger partial charge is 0.271 e. The second-order valence-corrected chi connectivity index (χ2v) is 7.31. The zero-order chi connectivity index (χ0) is 22.1. The molecule has 0 atom stereocenters. The van der Waals surface area contributed by atoms with Crippen LogP contribution >= 0.6 is 0 Å². The number of pyridine rings is 1. The number of carbonyl (C=O) groups excluding carboxylic acids is 2. The molecular weight excluding hydrogens is 397 g/mol. The molecule has 4 rings (SSSR count). The highest BCUT2D eigenvalue weighted by Gasteiger charge is 2.16. The van der Waals surface area contributed by atoms with E-state index in [0.29, 0.717) is 22.8 Å². The van der Waals surface area contributed by atoms with Crippen LogP contribution in [0.1, 0.15) is 26.5 Å². The fourth-order valence-electron chi connectivity index (χ4n) is 3.18. The molecule has 0 radical (unpaired) electrons. The fourth-order valence-corrected chi connectivity index (χ4v) is 3.18. The van der Waals surface area contributed by atoms with Crippen molar-refractivity contribution in [1.82, 2.24) is 19.9 Å². The fraction of sp³-hybridized carbons (Fsp3) is 0.130. The van der Waals surface area contributed by atoms with Crippen LogP contribution in [-0.2, 0) is 0 Å². The average molecular weight is 417 g/mol. The molecule has 0 unspecified atom stereocenters. The molecule has 7 nitrogen and oxygen atoms in total. The standard InChI is InChI=1S/C23H20FN5O2/c1-13-17(9-11-19(25-13)23(31)29(2)3)22(30)26-16-8-10-18-20(12-16)28-21(27-18)14-4-6-15(24)7-5-14/h4-12H,1-3H3,(H,26,30)(H,27,28). The summed E-state index contributed by atoms with van der Waals surface area (Å²) in [6.07, 6.45) is 0. The van der Waals surface area contributed by atoms with E-state index in [1.807, 2.05) is 0 Å². The number of benzene rings is 2. The predicted octanol–water partition coefficient (Wildman–Crippen LogP) is 4.03. The first kappa shape index (κ1) is 20.2. The Balaban J connectivity index is 1.56. The molecule has 4 aromatic rings. The van der Waals surface area contributed by atoms with Crippen molar-refractivity contribution in [3.8, 4) is 11.4 Å². The Morgan fingerprint density at radius 1 is 1.00 bits per heavy atom. The zero-order valence-electron chi connectivity index (χ0n) is 17.2. The summed E-state index contributed by atoms with van der Waals surface area (Å²) in [6, 6.07) is 14.5. The van der Waals surface area contributed by atoms with Crippen molar-refractivity contribution >= 4 is 28.5 Å². The van der Waals surface area contributed by atoms with Crippen molar-refractivity contribution in [2.75, 3.05) is 19.4 Å². The van der Waals surface area contributed by atoms with E-state index in [4.69, 9.17) is 0 Å². The topological polar surface area (TPSA) is 91.0 Å². The average Bonchev–Trinajstić information content (AvgIpc) is 3.16. The third-order valence-corrected chi connectivity index (χ3v) is 4.81. The van der Waals surface area contributed by atoms with Gasteiger partial charge in [-0.15, -0.1) is 0 Å². The van der Waals surface area contributed by atoms with E-state index in [2.05, 4.69) is 20.3 Å². The molecule has 0 fully saturated rings. The van der Waals surface area contributed by atoms with Gasteiger partial charge in [0.2, 0.25) is 0 Å². The number of fused-ring (bicyclic) bond motifs is 1. The summed E-state index contributed by atoms with van der Waals surface area (Å²) >= 11 is 0. The summed E-state index contributed by atoms with van der Waals surface area (Å²) in [5.41, 5.74) is 3.93. The highest BCUT2D eigenvalue weighted by Crippen LogP contribution is 2.23. The molecule has 31 heavy (non-hydrogen) atoms. The molecule has 2 N–H and O–H groups in total. The summed E-state index contributed by atoms with van der Waals surface area (Å²) in [5.74, 6) is -0.253. The number of imidazole rings is 1. The molecule has 0 aliphatic rings. The minimum absolute atomic E-state index is 0.225. The third-order valence-electron chi connectivity index (χ3n) is 4.81. The first-order valence-electron chi connectivity index (χ1n) is 9.58. The molecule has 2 aromatic heterocycles. The quantitative estimate of drug-likeness (QED) is 0.525. The largest absolute Gasteiger partial charge is 0.343 e. The molecule has 8 heteroatoms. The van der Waals surface area contributed by atoms with E-state index >= 15 is 0 Å². The van der Waals surface area contributed by atoms with E-state index in [9.17, 15) is 14.0 Å². The second kappa shape index (κ2) is 7.98. The number of anilines is 1. The molecule has 0 aliphatic heterocycles. The van der Waals surface area contributed by atoms with Crippen molar-refractivity contribution < 1.29 is 14.0 Å². The summed E-state index contributed by atoms with van der Waals surface area (Å²) in [6.45, 7) is 1.69. The molecule has 2 aromatic carbocycles. The molecule has 0 saturated heterocycles. The molecule has 0 spiro atoms. The van der Waals surface area contributed by atoms with Crippen LogP contribution in [0.3, 0.4) is 0 Å². The van der Waals surface area contributed by atoms with Crippen LogP contribution < -0.4 is 5.32 Å². The zero-order valence-corrected chi connectivity index (χ0v) is 17.2. The van der Waals surface area contributed by atoms with Crippen LogP contribution in [0.5, 0.6) is 0 Å². The lowest BCUT2D eigenvalue weighted by Gasteiger charge is -2.12. The maximum absolute atomic E-state index is 13.2. The van der Waals surface area contributed by atoms with Crippen molar-refractivity contribution in [3.05, 3.63) is 77.4 Å². The summed E-state index contributed by atoms with van der Waals surface area (Å²) in [4.78, 5) is 38.2. The van der Waals surface area contributed by atoms with E-state index in [1.54, 1.807) is 57.4 Å². The number of halogens is 1. The van der Waals surface area contributed by atoms with Crippen LogP contribution in [0.25, 0.3) is 22.4 Å². The van der Waals surface area contributed by atoms with Gasteiger partial charge in [0.25, 0.3) is 11.8 Å². The normalized spacial score (nSPS) is 10.8. The van der Waals surface area contributed by atoms with Crippen LogP contribution in [0.15, 0.2) is 54.6 Å². The molecule has 0 saturated carbocycles. The molecule has 2 amide bonds. The number of H-pyrrole nitrogens is 1. The van der Waals surface area contributed by atoms with Crippen LogP contribution in [-0.4, -0.2) is 45.8 Å². The molecule has 2 heterocycles. The van der Waals surface area contributed by atoms with Crippen molar-refractivity contribution in [3.63, 3.8) is 0 Å². The lowest BCUT2D eigenvalue weighted by molar-refractivity contribution is 0.0821. The number of nitrogens with one attached hydrogen (secondary N) is 2. The Labute approximate surface area is 177 Å². The maximum Gasteiger partial charge on any atom is 0.271 e. The van der Waals surface area contributed by atoms with Crippen molar-refractivity contribution in [1.29, 1.82) is 0 Å². The van der Waals surface area contributed by atoms with Gasteiger partial charge in [-0.1, -0.05) is 0 Å². The van der Waals surface area contributed by atoms with Gasteiger partial charge in [-0.05, 0) is 61.5 Å². The maximum atomic E-state index is 13.2. The molecular formula is C23H20FN5O2. The lowest BCUT2D eigenvalue weighted by Crippen LogP contribution is -2.23. The first-order chi connectivity index (χ1) is 14.8. The van der Waals surface area contributed by atoms with E-state index in [0.717, 1.165) is 16.6 Å². The monoisotopic (exact) mass is 417 g/mol. The van der Waals surface area contributed by atoms with Gasteiger partial charge in [-0.3, -0.25) is 9.59 Å². The predicted molar refractivity (Wildman–Crippen MR) is 116 cm³/mol. The van der Waals surface area contributed by atoms with Gasteiger partial charge >= 0.3 is 0 Å². The number of aromatic nitrogens is 3. The number of hydrogen-bond donors (Lipinski definition) is 2. The number of aromatic amines is 1. The van der Waals surface area contributed by atoms with Crippen molar-refractivity contribution in [2.24, 2.45) is 0 Å². The number of hydrogen-bond acceptors (Lipinski definition) is 4. The number of carbonyl (C=O) groups is 2. The summed E-state index contributed by atoms with van der Waals surface area (Å²) in [5, 5.41) is 2.85. The van der Waals surface area contributed by atoms with Crippen molar-refractivity contribution in [2.45, 2.75) is 6.92 Å². The van der Waals surface area contributed by atoms with Gasteiger partial charge in [-0.25, -0.2) is 14.4 Å². The SMILES string of the molecule is Cc1nc(C(=O)N(C)C)ccc1C(=O)Nc1ccc2nc(-c3ccc(F)cc3)[nH]c2c1. The van der Waals surface area contributed by atoms with E-state index in [1.165, 1.54) is 23.1 Å². The lowest BCUT2D eigenvalue weighted by atomic mass is 10.1. The Morgan fingerprint density at radius 3 is 2.42 bits per heavy atom. The Hall–Kier alpha value is -4.07. The van der Waals surface area contributed by atoms with Gasteiger partial charge in [-0.2, -0.15) is 0 Å². The van der Waals surface area contributed by atoms with E-state index in [-0.39, 0.29) is 23.3 Å². The van der Waals surface area contributed by atoms with E-state index < -0.39 is 0 Å². The summed E-state index contributed by atoms with van der Waals surface area (Å²) < 4.78 is 13.2. The Bertz CT molecular complexity index is 1300. The molecule has 0 bridgehead atoms. The minimum Gasteiger partial charge on any atom is -0.343 e. The second-order valence-electron chi connectivity index (χ2n) is 7.31. The molecule has 156 valence electrons. The molecule has 0 aliphatic carbocycles. The Morgan fingerprint density at radius 2 is 1.74 bits per heavy atom. The highest BCUT2D eigenvalue weighted by molar-refractivity contribution is 6.06. The Kier molecular flexibility index (Phi) is 5.21. The summed E-state index contributed by atoms with van der Waals surface area (Å²) in [7, 11) is 3.29. The van der Waals surface area contributed by atoms with Gasteiger partial charge in [0.05, 0.1) is 22.3 Å². The number of rotatable bonds is 4. The number of aryl methyl sites for hydroxylation is 1. The van der Waals surface area contributed by atoms with Gasteiger partial charge < -0.3 is 15.2 Å². The minimum atomic E-state index is -0.327.